The first-order valence-corrected chi connectivity index (χ1v) is 13.6. The molecule has 202 valence electrons. The number of halogens is 4. The first kappa shape index (κ1) is 27.5. The van der Waals surface area contributed by atoms with Crippen molar-refractivity contribution in [1.82, 2.24) is 9.21 Å². The Labute approximate surface area is 214 Å². The van der Waals surface area contributed by atoms with Crippen LogP contribution in [0.1, 0.15) is 45.1 Å². The van der Waals surface area contributed by atoms with Gasteiger partial charge in [0, 0.05) is 12.1 Å². The van der Waals surface area contributed by atoms with Crippen LogP contribution in [-0.4, -0.2) is 55.2 Å². The Balaban J connectivity index is 1.41. The number of likely N-dealkylation sites (tertiary alicyclic amines) is 1. The third-order valence-electron chi connectivity index (χ3n) is 7.60. The van der Waals surface area contributed by atoms with Crippen LogP contribution in [0.2, 0.25) is 0 Å². The lowest BCUT2D eigenvalue weighted by atomic mass is 9.69. The number of amides is 1. The van der Waals surface area contributed by atoms with E-state index in [1.807, 2.05) is 18.7 Å². The SMILES string of the molecule is CC1(C)CCC2(CCN(CC(=O)Nc3ccccc3C(F)(F)F)CC2)CN1S(=O)(=O)c1cccc(F)c1. The Morgan fingerprint density at radius 1 is 1.00 bits per heavy atom. The molecule has 0 atom stereocenters. The fourth-order valence-electron chi connectivity index (χ4n) is 5.28. The summed E-state index contributed by atoms with van der Waals surface area (Å²) >= 11 is 0. The van der Waals surface area contributed by atoms with Gasteiger partial charge in [-0.3, -0.25) is 9.69 Å². The molecule has 37 heavy (non-hydrogen) atoms. The highest BCUT2D eigenvalue weighted by Crippen LogP contribution is 2.46. The number of piperidine rings is 2. The van der Waals surface area contributed by atoms with E-state index in [2.05, 4.69) is 5.32 Å². The van der Waals surface area contributed by atoms with Crippen LogP contribution in [0.25, 0.3) is 0 Å². The number of sulfonamides is 1. The molecule has 0 aromatic heterocycles. The van der Waals surface area contributed by atoms with Gasteiger partial charge in [0.05, 0.1) is 22.7 Å². The first-order valence-electron chi connectivity index (χ1n) is 12.2. The summed E-state index contributed by atoms with van der Waals surface area (Å²) in [7, 11) is -3.93. The quantitative estimate of drug-likeness (QED) is 0.533. The molecule has 2 aromatic rings. The van der Waals surface area contributed by atoms with Crippen molar-refractivity contribution in [3.63, 3.8) is 0 Å². The summed E-state index contributed by atoms with van der Waals surface area (Å²) in [5.74, 6) is -1.15. The van der Waals surface area contributed by atoms with Gasteiger partial charge in [-0.05, 0) is 88.4 Å². The summed E-state index contributed by atoms with van der Waals surface area (Å²) in [6, 6.07) is 9.87. The van der Waals surface area contributed by atoms with Crippen molar-refractivity contribution in [2.45, 2.75) is 56.1 Å². The first-order chi connectivity index (χ1) is 17.2. The van der Waals surface area contributed by atoms with Crippen LogP contribution >= 0.6 is 0 Å². The van der Waals surface area contributed by atoms with E-state index in [0.29, 0.717) is 32.4 Å². The van der Waals surface area contributed by atoms with Crippen LogP contribution in [0.3, 0.4) is 0 Å². The fourth-order valence-corrected chi connectivity index (χ4v) is 7.24. The number of para-hydroxylation sites is 1. The van der Waals surface area contributed by atoms with E-state index in [0.717, 1.165) is 18.6 Å². The number of nitrogens with zero attached hydrogens (tertiary/aromatic N) is 2. The van der Waals surface area contributed by atoms with Crippen molar-refractivity contribution >= 4 is 21.6 Å². The van der Waals surface area contributed by atoms with Crippen molar-refractivity contribution in [3.8, 4) is 0 Å². The van der Waals surface area contributed by atoms with Crippen LogP contribution in [0.4, 0.5) is 23.2 Å². The van der Waals surface area contributed by atoms with E-state index in [-0.39, 0.29) is 29.1 Å². The van der Waals surface area contributed by atoms with Gasteiger partial charge in [-0.2, -0.15) is 17.5 Å². The van der Waals surface area contributed by atoms with Crippen molar-refractivity contribution in [3.05, 3.63) is 59.9 Å². The van der Waals surface area contributed by atoms with Gasteiger partial charge in [0.2, 0.25) is 15.9 Å². The van der Waals surface area contributed by atoms with Gasteiger partial charge < -0.3 is 5.32 Å². The lowest BCUT2D eigenvalue weighted by molar-refractivity contribution is -0.137. The minimum atomic E-state index is -4.58. The molecule has 0 aliphatic carbocycles. The van der Waals surface area contributed by atoms with Crippen LogP contribution in [0, 0.1) is 11.2 Å². The number of hydrogen-bond acceptors (Lipinski definition) is 4. The second kappa shape index (κ2) is 9.99. The zero-order chi connectivity index (χ0) is 27.1. The van der Waals surface area contributed by atoms with E-state index in [1.54, 1.807) is 0 Å². The minimum absolute atomic E-state index is 0.0565. The molecule has 2 heterocycles. The molecule has 6 nitrogen and oxygen atoms in total. The normalized spacial score (nSPS) is 20.6. The summed E-state index contributed by atoms with van der Waals surface area (Å²) in [4.78, 5) is 14.3. The molecule has 0 saturated carbocycles. The maximum Gasteiger partial charge on any atom is 0.418 e. The number of nitrogens with one attached hydrogen (secondary N) is 1. The summed E-state index contributed by atoms with van der Waals surface area (Å²) < 4.78 is 81.9. The number of anilines is 1. The largest absolute Gasteiger partial charge is 0.418 e. The monoisotopic (exact) mass is 541 g/mol. The van der Waals surface area contributed by atoms with Gasteiger partial charge in [-0.25, -0.2) is 12.8 Å². The lowest BCUT2D eigenvalue weighted by Crippen LogP contribution is -2.59. The molecule has 0 radical (unpaired) electrons. The molecule has 1 N–H and O–H groups in total. The Bertz CT molecular complexity index is 1260. The third-order valence-corrected chi connectivity index (χ3v) is 9.65. The lowest BCUT2D eigenvalue weighted by Gasteiger charge is -2.53. The molecule has 2 aliphatic rings. The second-order valence-electron chi connectivity index (χ2n) is 10.6. The second-order valence-corrected chi connectivity index (χ2v) is 12.5. The predicted octanol–water partition coefficient (Wildman–Crippen LogP) is 5.13. The zero-order valence-corrected chi connectivity index (χ0v) is 21.6. The molecular weight excluding hydrogens is 510 g/mol. The molecule has 0 unspecified atom stereocenters. The molecule has 2 fully saturated rings. The highest BCUT2D eigenvalue weighted by molar-refractivity contribution is 7.89. The van der Waals surface area contributed by atoms with E-state index in [1.165, 1.54) is 40.7 Å². The standard InChI is InChI=1S/C26H31F4N3O3S/c1-24(2)10-11-25(18-33(24)37(35,36)20-7-5-6-19(27)16-20)12-14-32(15-13-25)17-23(34)31-22-9-4-3-8-21(22)26(28,29)30/h3-9,16H,10-15,17-18H2,1-2H3,(H,31,34). The van der Waals surface area contributed by atoms with Crippen molar-refractivity contribution < 1.29 is 30.8 Å². The number of benzene rings is 2. The van der Waals surface area contributed by atoms with Crippen LogP contribution in [0.15, 0.2) is 53.4 Å². The van der Waals surface area contributed by atoms with Crippen LogP contribution in [-0.2, 0) is 21.0 Å². The Kier molecular flexibility index (Phi) is 7.44. The van der Waals surface area contributed by atoms with E-state index in [4.69, 9.17) is 0 Å². The predicted molar refractivity (Wildman–Crippen MR) is 132 cm³/mol. The topological polar surface area (TPSA) is 69.7 Å². The summed E-state index contributed by atoms with van der Waals surface area (Å²) in [6.45, 7) is 5.01. The van der Waals surface area contributed by atoms with Crippen molar-refractivity contribution in [2.24, 2.45) is 5.41 Å². The molecule has 2 aliphatic heterocycles. The highest BCUT2D eigenvalue weighted by Gasteiger charge is 2.49. The fraction of sp³-hybridized carbons (Fsp3) is 0.500. The van der Waals surface area contributed by atoms with Gasteiger partial charge >= 0.3 is 6.18 Å². The number of rotatable bonds is 5. The van der Waals surface area contributed by atoms with Gasteiger partial charge in [-0.15, -0.1) is 0 Å². The number of alkyl halides is 3. The molecule has 1 spiro atoms. The van der Waals surface area contributed by atoms with Gasteiger partial charge in [0.25, 0.3) is 0 Å². The molecule has 0 bridgehead atoms. The number of hydrogen-bond donors (Lipinski definition) is 1. The average molecular weight is 542 g/mol. The molecule has 11 heteroatoms. The van der Waals surface area contributed by atoms with Crippen LogP contribution in [0.5, 0.6) is 0 Å². The summed E-state index contributed by atoms with van der Waals surface area (Å²) in [5, 5.41) is 2.38. The maximum absolute atomic E-state index is 13.8. The third kappa shape index (κ3) is 5.99. The minimum Gasteiger partial charge on any atom is -0.324 e. The maximum atomic E-state index is 13.8. The molecule has 2 aromatic carbocycles. The van der Waals surface area contributed by atoms with E-state index >= 15 is 0 Å². The van der Waals surface area contributed by atoms with Crippen molar-refractivity contribution in [2.75, 3.05) is 31.5 Å². The molecular formula is C26H31F4N3O3S. The van der Waals surface area contributed by atoms with Gasteiger partial charge in [0.15, 0.2) is 0 Å². The average Bonchev–Trinajstić information content (AvgIpc) is 2.82. The number of carbonyl (C=O) groups excluding carboxylic acids is 1. The van der Waals surface area contributed by atoms with Gasteiger partial charge in [0.1, 0.15) is 5.82 Å². The van der Waals surface area contributed by atoms with E-state index in [9.17, 15) is 30.8 Å². The molecule has 2 saturated heterocycles. The van der Waals surface area contributed by atoms with Crippen molar-refractivity contribution in [1.29, 1.82) is 0 Å². The summed E-state index contributed by atoms with van der Waals surface area (Å²) in [6.07, 6.45) is -1.84. The summed E-state index contributed by atoms with van der Waals surface area (Å²) in [5.41, 5.74) is -2.10. The van der Waals surface area contributed by atoms with E-state index < -0.39 is 39.0 Å². The smallest absolute Gasteiger partial charge is 0.324 e. The number of carbonyl (C=O) groups is 1. The Morgan fingerprint density at radius 3 is 2.32 bits per heavy atom. The Hall–Kier alpha value is -2.50. The highest BCUT2D eigenvalue weighted by atomic mass is 32.2. The molecule has 1 amide bonds. The van der Waals surface area contributed by atoms with Crippen LogP contribution < -0.4 is 5.32 Å². The zero-order valence-electron chi connectivity index (χ0n) is 20.8. The Morgan fingerprint density at radius 2 is 1.68 bits per heavy atom. The molecule has 4 rings (SSSR count). The van der Waals surface area contributed by atoms with Gasteiger partial charge in [-0.1, -0.05) is 18.2 Å².